The third-order valence-corrected chi connectivity index (χ3v) is 5.87. The van der Waals surface area contributed by atoms with Crippen LogP contribution < -0.4 is 16.0 Å². The number of ether oxygens (including phenoxy) is 1. The molecule has 182 valence electrons. The smallest absolute Gasteiger partial charge is 0.329 e. The number of carbonyl (C=O) groups excluding carboxylic acids is 4. The van der Waals surface area contributed by atoms with Gasteiger partial charge in [-0.1, -0.05) is 40.2 Å². The van der Waals surface area contributed by atoms with Gasteiger partial charge in [-0.05, 0) is 43.2 Å². The van der Waals surface area contributed by atoms with Crippen molar-refractivity contribution >= 4 is 23.7 Å². The van der Waals surface area contributed by atoms with E-state index in [0.717, 1.165) is 6.42 Å². The first kappa shape index (κ1) is 26.3. The number of hydrogen-bond acceptors (Lipinski definition) is 6. The molecule has 33 heavy (non-hydrogen) atoms. The molecule has 1 saturated heterocycles. The number of nitrogens with zero attached hydrogens (tertiary/aromatic N) is 1. The molecule has 9 heteroatoms. The third-order valence-electron chi connectivity index (χ3n) is 5.87. The zero-order chi connectivity index (χ0) is 24.5. The van der Waals surface area contributed by atoms with Crippen LogP contribution in [0.3, 0.4) is 0 Å². The summed E-state index contributed by atoms with van der Waals surface area (Å²) in [6.45, 7) is 9.71. The molecular weight excluding hydrogens is 424 g/mol. The predicted octanol–water partition coefficient (Wildman–Crippen LogP) is 1.82. The fourth-order valence-electron chi connectivity index (χ4n) is 3.86. The van der Waals surface area contributed by atoms with Crippen molar-refractivity contribution in [2.75, 3.05) is 6.54 Å². The molecule has 0 spiro atoms. The summed E-state index contributed by atoms with van der Waals surface area (Å²) in [6, 6.07) is 2.94. The highest BCUT2D eigenvalue weighted by Crippen LogP contribution is 2.18. The van der Waals surface area contributed by atoms with Crippen LogP contribution in [0.15, 0.2) is 24.4 Å². The number of aromatic nitrogens is 1. The lowest BCUT2D eigenvalue weighted by Crippen LogP contribution is -2.56. The average Bonchev–Trinajstić information content (AvgIpc) is 2.77. The number of hydrogen-bond donors (Lipinski definition) is 3. The zero-order valence-electron chi connectivity index (χ0n) is 20.1. The van der Waals surface area contributed by atoms with Gasteiger partial charge in [-0.15, -0.1) is 0 Å². The van der Waals surface area contributed by atoms with Gasteiger partial charge in [-0.3, -0.25) is 19.4 Å². The summed E-state index contributed by atoms with van der Waals surface area (Å²) in [5.41, 5.74) is 0.150. The molecule has 1 aromatic rings. The molecule has 2 rings (SSSR count). The Balaban J connectivity index is 2.31. The highest BCUT2D eigenvalue weighted by molar-refractivity contribution is 5.96. The lowest BCUT2D eigenvalue weighted by atomic mass is 9.92. The van der Waals surface area contributed by atoms with Crippen LogP contribution in [0.25, 0.3) is 0 Å². The molecule has 9 nitrogen and oxygen atoms in total. The van der Waals surface area contributed by atoms with Crippen LogP contribution in [-0.2, 0) is 19.1 Å². The van der Waals surface area contributed by atoms with E-state index in [1.54, 1.807) is 19.1 Å². The summed E-state index contributed by atoms with van der Waals surface area (Å²) in [4.78, 5) is 55.4. The molecular formula is C24H36N4O5. The van der Waals surface area contributed by atoms with Gasteiger partial charge in [0.1, 0.15) is 23.9 Å². The Morgan fingerprint density at radius 3 is 2.58 bits per heavy atom. The minimum absolute atomic E-state index is 0.107. The summed E-state index contributed by atoms with van der Waals surface area (Å²) in [5, 5.41) is 8.31. The average molecular weight is 461 g/mol. The van der Waals surface area contributed by atoms with Crippen LogP contribution in [0.2, 0.25) is 0 Å². The van der Waals surface area contributed by atoms with Gasteiger partial charge in [0.05, 0.1) is 0 Å². The highest BCUT2D eigenvalue weighted by Gasteiger charge is 2.35. The molecule has 2 heterocycles. The summed E-state index contributed by atoms with van der Waals surface area (Å²) in [7, 11) is 0. The summed E-state index contributed by atoms with van der Waals surface area (Å²) < 4.78 is 5.57. The van der Waals surface area contributed by atoms with Crippen molar-refractivity contribution in [3.05, 3.63) is 30.1 Å². The first-order chi connectivity index (χ1) is 15.6. The van der Waals surface area contributed by atoms with Crippen molar-refractivity contribution in [2.45, 2.75) is 72.1 Å². The van der Waals surface area contributed by atoms with E-state index in [9.17, 15) is 19.2 Å². The first-order valence-electron chi connectivity index (χ1n) is 11.6. The van der Waals surface area contributed by atoms with E-state index in [-0.39, 0.29) is 36.4 Å². The third kappa shape index (κ3) is 7.83. The maximum Gasteiger partial charge on any atom is 0.329 e. The number of esters is 1. The van der Waals surface area contributed by atoms with E-state index in [4.69, 9.17) is 4.74 Å². The SMILES string of the molecule is CC[C@H](C)[C@@H]1NC(=O)C[C@H](CC(C)C)CNC(=O)[C@@H](NC(=O)c2ccccn2)[C@@H](C)OC1=O. The van der Waals surface area contributed by atoms with Gasteiger partial charge < -0.3 is 20.7 Å². The first-order valence-corrected chi connectivity index (χ1v) is 11.6. The van der Waals surface area contributed by atoms with Crippen molar-refractivity contribution in [1.82, 2.24) is 20.9 Å². The Morgan fingerprint density at radius 1 is 1.24 bits per heavy atom. The van der Waals surface area contributed by atoms with Crippen LogP contribution in [0.5, 0.6) is 0 Å². The maximum absolute atomic E-state index is 13.1. The van der Waals surface area contributed by atoms with E-state index in [2.05, 4.69) is 20.9 Å². The Bertz CT molecular complexity index is 829. The number of rotatable bonds is 6. The van der Waals surface area contributed by atoms with Crippen molar-refractivity contribution < 1.29 is 23.9 Å². The van der Waals surface area contributed by atoms with Crippen LogP contribution in [0.4, 0.5) is 0 Å². The molecule has 1 fully saturated rings. The van der Waals surface area contributed by atoms with Crippen molar-refractivity contribution in [1.29, 1.82) is 0 Å². The van der Waals surface area contributed by atoms with Crippen molar-refractivity contribution in [3.8, 4) is 0 Å². The number of carbonyl (C=O) groups is 4. The van der Waals surface area contributed by atoms with Crippen LogP contribution in [0.1, 0.15) is 64.4 Å². The van der Waals surface area contributed by atoms with E-state index < -0.39 is 36.0 Å². The van der Waals surface area contributed by atoms with Gasteiger partial charge in [0.15, 0.2) is 0 Å². The lowest BCUT2D eigenvalue weighted by Gasteiger charge is -2.30. The molecule has 0 bridgehead atoms. The largest absolute Gasteiger partial charge is 0.458 e. The minimum atomic E-state index is -1.11. The molecule has 0 radical (unpaired) electrons. The van der Waals surface area contributed by atoms with Gasteiger partial charge >= 0.3 is 5.97 Å². The van der Waals surface area contributed by atoms with Gasteiger partial charge in [0, 0.05) is 19.2 Å². The van der Waals surface area contributed by atoms with E-state index in [0.29, 0.717) is 12.3 Å². The van der Waals surface area contributed by atoms with Gasteiger partial charge in [-0.25, -0.2) is 4.79 Å². The molecule has 3 N–H and O–H groups in total. The fraction of sp³-hybridized carbons (Fsp3) is 0.625. The van der Waals surface area contributed by atoms with Gasteiger partial charge in [0.2, 0.25) is 11.8 Å². The number of pyridine rings is 1. The Morgan fingerprint density at radius 2 is 1.97 bits per heavy atom. The summed E-state index contributed by atoms with van der Waals surface area (Å²) in [5.74, 6) is -1.84. The fourth-order valence-corrected chi connectivity index (χ4v) is 3.86. The normalized spacial score (nSPS) is 25.7. The molecule has 0 aliphatic carbocycles. The molecule has 0 saturated carbocycles. The lowest BCUT2D eigenvalue weighted by molar-refractivity contribution is -0.156. The number of nitrogens with one attached hydrogen (secondary N) is 3. The standard InChI is InChI=1S/C24H36N4O5/c1-6-15(4)20-24(32)33-16(5)21(28-22(30)18-9-7-8-10-25-18)23(31)26-13-17(11-14(2)3)12-19(29)27-20/h7-10,14-17,20-21H,6,11-13H2,1-5H3,(H,26,31)(H,27,29)(H,28,30)/t15-,16+,17-,20-,21-/m0/s1. The Hall–Kier alpha value is -2.97. The Kier molecular flexibility index (Phi) is 9.81. The number of amides is 3. The molecule has 1 aromatic heterocycles. The second-order valence-electron chi connectivity index (χ2n) is 9.18. The molecule has 5 atom stereocenters. The molecule has 3 amide bonds. The molecule has 1 aliphatic heterocycles. The Labute approximate surface area is 195 Å². The van der Waals surface area contributed by atoms with Crippen LogP contribution in [0, 0.1) is 17.8 Å². The highest BCUT2D eigenvalue weighted by atomic mass is 16.5. The van der Waals surface area contributed by atoms with Crippen LogP contribution in [-0.4, -0.2) is 53.4 Å². The quantitative estimate of drug-likeness (QED) is 0.556. The van der Waals surface area contributed by atoms with E-state index in [1.165, 1.54) is 12.3 Å². The van der Waals surface area contributed by atoms with Gasteiger partial charge in [0.25, 0.3) is 5.91 Å². The van der Waals surface area contributed by atoms with E-state index in [1.807, 2.05) is 27.7 Å². The summed E-state index contributed by atoms with van der Waals surface area (Å²) in [6.07, 6.45) is 2.09. The predicted molar refractivity (Wildman–Crippen MR) is 123 cm³/mol. The molecule has 0 aromatic carbocycles. The molecule has 0 unspecified atom stereocenters. The van der Waals surface area contributed by atoms with Crippen LogP contribution >= 0.6 is 0 Å². The topological polar surface area (TPSA) is 126 Å². The number of cyclic esters (lactones) is 1. The molecule has 1 aliphatic rings. The second kappa shape index (κ2) is 12.3. The van der Waals surface area contributed by atoms with Gasteiger partial charge in [-0.2, -0.15) is 0 Å². The van der Waals surface area contributed by atoms with Crippen molar-refractivity contribution in [2.24, 2.45) is 17.8 Å². The maximum atomic E-state index is 13.1. The second-order valence-corrected chi connectivity index (χ2v) is 9.18. The summed E-state index contributed by atoms with van der Waals surface area (Å²) >= 11 is 0. The van der Waals surface area contributed by atoms with Crippen molar-refractivity contribution in [3.63, 3.8) is 0 Å². The van der Waals surface area contributed by atoms with E-state index >= 15 is 0 Å². The monoisotopic (exact) mass is 460 g/mol. The zero-order valence-corrected chi connectivity index (χ0v) is 20.1. The minimum Gasteiger partial charge on any atom is -0.458 e.